The van der Waals surface area contributed by atoms with Gasteiger partial charge in [0.05, 0.1) is 18.8 Å². The largest absolute Gasteiger partial charge is 0.394 e. The van der Waals surface area contributed by atoms with E-state index in [2.05, 4.69) is 19.2 Å². The minimum atomic E-state index is -1.25. The number of nitrogens with one attached hydrogen (secondary N) is 1. The Kier molecular flexibility index (Phi) is 31.2. The molecule has 0 aliphatic rings. The Morgan fingerprint density at radius 2 is 0.810 bits per heavy atom. The Morgan fingerprint density at radius 3 is 1.14 bits per heavy atom. The van der Waals surface area contributed by atoms with Crippen LogP contribution in [0.15, 0.2) is 0 Å². The smallest absolute Gasteiger partial charge is 0.249 e. The number of hydrogen-bond donors (Lipinski definition) is 5. The maximum Gasteiger partial charge on any atom is 0.249 e. The summed E-state index contributed by atoms with van der Waals surface area (Å²) in [6.45, 7) is 4.02. The van der Waals surface area contributed by atoms with Crippen molar-refractivity contribution in [2.75, 3.05) is 6.61 Å². The predicted molar refractivity (Wildman–Crippen MR) is 178 cm³/mol. The highest BCUT2D eigenvalue weighted by Crippen LogP contribution is 2.16. The molecule has 4 atom stereocenters. The van der Waals surface area contributed by atoms with Gasteiger partial charge in [-0.05, 0) is 12.8 Å². The quantitative estimate of drug-likeness (QED) is 0.0486. The summed E-state index contributed by atoms with van der Waals surface area (Å²) in [6, 6.07) is -0.976. The van der Waals surface area contributed by atoms with E-state index in [1.165, 1.54) is 128 Å². The average molecular weight is 600 g/mol. The summed E-state index contributed by atoms with van der Waals surface area (Å²) in [5, 5.41) is 43.4. The lowest BCUT2D eigenvalue weighted by Gasteiger charge is -2.27. The molecule has 0 spiro atoms. The van der Waals surface area contributed by atoms with Gasteiger partial charge in [-0.3, -0.25) is 4.79 Å². The van der Waals surface area contributed by atoms with Crippen molar-refractivity contribution in [2.45, 2.75) is 218 Å². The molecule has 0 radical (unpaired) electrons. The molecule has 0 saturated heterocycles. The molecule has 42 heavy (non-hydrogen) atoms. The zero-order chi connectivity index (χ0) is 31.1. The average Bonchev–Trinajstić information content (AvgIpc) is 2.99. The summed E-state index contributed by atoms with van der Waals surface area (Å²) in [5.74, 6) is -0.583. The van der Waals surface area contributed by atoms with Gasteiger partial charge in [-0.2, -0.15) is 0 Å². The lowest BCUT2D eigenvalue weighted by molar-refractivity contribution is -0.132. The van der Waals surface area contributed by atoms with Gasteiger partial charge < -0.3 is 25.7 Å². The van der Waals surface area contributed by atoms with Gasteiger partial charge in [0.2, 0.25) is 5.91 Å². The van der Waals surface area contributed by atoms with Crippen LogP contribution >= 0.6 is 0 Å². The van der Waals surface area contributed by atoms with Gasteiger partial charge in [0.15, 0.2) is 0 Å². The molecule has 0 aromatic carbocycles. The van der Waals surface area contributed by atoms with E-state index in [0.29, 0.717) is 12.8 Å². The number of hydrogen-bond acceptors (Lipinski definition) is 5. The molecule has 5 N–H and O–H groups in total. The van der Waals surface area contributed by atoms with Gasteiger partial charge in [-0.15, -0.1) is 0 Å². The topological polar surface area (TPSA) is 110 Å². The second-order valence-corrected chi connectivity index (χ2v) is 12.9. The standard InChI is InChI=1S/C36H73NO5/c1-3-5-7-9-11-13-15-16-17-18-20-22-24-26-28-30-34(40)36(42)37-32(31-38)35(41)33(39)29-27-25-23-21-19-14-12-10-8-6-4-2/h32-35,38-41H,3-31H2,1-2H3,(H,37,42). The highest BCUT2D eigenvalue weighted by atomic mass is 16.3. The third kappa shape index (κ3) is 25.8. The zero-order valence-electron chi connectivity index (χ0n) is 28.0. The SMILES string of the molecule is CCCCCCCCCCCCCCCCCC(O)C(=O)NC(CO)C(O)C(O)CCCCCCCCCCCCC. The number of carbonyl (C=O) groups is 1. The van der Waals surface area contributed by atoms with Crippen LogP contribution in [0.4, 0.5) is 0 Å². The van der Waals surface area contributed by atoms with Gasteiger partial charge in [-0.25, -0.2) is 0 Å². The molecule has 4 unspecified atom stereocenters. The molecule has 0 aliphatic heterocycles. The molecule has 0 rings (SSSR count). The highest BCUT2D eigenvalue weighted by Gasteiger charge is 2.28. The summed E-state index contributed by atoms with van der Waals surface area (Å²) in [6.07, 6.45) is 29.8. The first-order valence-corrected chi connectivity index (χ1v) is 18.4. The fraction of sp³-hybridized carbons (Fsp3) is 0.972. The van der Waals surface area contributed by atoms with E-state index in [4.69, 9.17) is 0 Å². The van der Waals surface area contributed by atoms with Crippen molar-refractivity contribution in [2.24, 2.45) is 0 Å². The van der Waals surface area contributed by atoms with Crippen molar-refractivity contribution in [3.05, 3.63) is 0 Å². The Labute approximate surface area is 260 Å². The van der Waals surface area contributed by atoms with E-state index in [-0.39, 0.29) is 0 Å². The molecule has 1 amide bonds. The van der Waals surface area contributed by atoms with Gasteiger partial charge in [0, 0.05) is 0 Å². The summed E-state index contributed by atoms with van der Waals surface area (Å²) in [5.41, 5.74) is 0. The van der Waals surface area contributed by atoms with Crippen molar-refractivity contribution < 1.29 is 25.2 Å². The Hall–Kier alpha value is -0.690. The molecular weight excluding hydrogens is 526 g/mol. The van der Waals surface area contributed by atoms with Crippen molar-refractivity contribution in [3.8, 4) is 0 Å². The monoisotopic (exact) mass is 600 g/mol. The minimum absolute atomic E-state index is 0.375. The van der Waals surface area contributed by atoms with Crippen LogP contribution in [0.2, 0.25) is 0 Å². The van der Waals surface area contributed by atoms with Crippen LogP contribution < -0.4 is 5.32 Å². The summed E-state index contributed by atoms with van der Waals surface area (Å²) >= 11 is 0. The molecule has 0 heterocycles. The van der Waals surface area contributed by atoms with Crippen LogP contribution in [-0.4, -0.2) is 57.3 Å². The maximum atomic E-state index is 12.4. The Morgan fingerprint density at radius 1 is 0.500 bits per heavy atom. The summed E-state index contributed by atoms with van der Waals surface area (Å²) in [4.78, 5) is 12.4. The van der Waals surface area contributed by atoms with Crippen molar-refractivity contribution in [1.29, 1.82) is 0 Å². The fourth-order valence-electron chi connectivity index (χ4n) is 5.81. The molecular formula is C36H73NO5. The van der Waals surface area contributed by atoms with Crippen LogP contribution in [0, 0.1) is 0 Å². The normalized spacial score (nSPS) is 14.5. The number of aliphatic hydroxyl groups excluding tert-OH is 4. The molecule has 0 aromatic heterocycles. The van der Waals surface area contributed by atoms with E-state index >= 15 is 0 Å². The first-order chi connectivity index (χ1) is 20.5. The molecule has 252 valence electrons. The van der Waals surface area contributed by atoms with Crippen molar-refractivity contribution in [1.82, 2.24) is 5.32 Å². The Bertz CT molecular complexity index is 561. The van der Waals surface area contributed by atoms with E-state index in [9.17, 15) is 25.2 Å². The lowest BCUT2D eigenvalue weighted by atomic mass is 9.99. The molecule has 6 nitrogen and oxygen atoms in total. The third-order valence-electron chi connectivity index (χ3n) is 8.82. The second-order valence-electron chi connectivity index (χ2n) is 12.9. The Balaban J connectivity index is 3.79. The van der Waals surface area contributed by atoms with E-state index in [1.54, 1.807) is 0 Å². The summed E-state index contributed by atoms with van der Waals surface area (Å²) < 4.78 is 0. The fourth-order valence-corrected chi connectivity index (χ4v) is 5.81. The molecule has 6 heteroatoms. The third-order valence-corrected chi connectivity index (χ3v) is 8.82. The number of aliphatic hydroxyl groups is 4. The van der Waals surface area contributed by atoms with Crippen LogP contribution in [0.1, 0.15) is 194 Å². The van der Waals surface area contributed by atoms with Crippen molar-refractivity contribution >= 4 is 5.91 Å². The van der Waals surface area contributed by atoms with Crippen molar-refractivity contribution in [3.63, 3.8) is 0 Å². The number of rotatable bonds is 33. The number of carbonyl (C=O) groups excluding carboxylic acids is 1. The summed E-state index contributed by atoms with van der Waals surface area (Å²) in [7, 11) is 0. The molecule has 0 bridgehead atoms. The first-order valence-electron chi connectivity index (χ1n) is 18.4. The van der Waals surface area contributed by atoms with E-state index < -0.39 is 36.9 Å². The molecule has 0 fully saturated rings. The minimum Gasteiger partial charge on any atom is -0.394 e. The van der Waals surface area contributed by atoms with E-state index in [1.807, 2.05) is 0 Å². The predicted octanol–water partition coefficient (Wildman–Crippen LogP) is 8.51. The van der Waals surface area contributed by atoms with Crippen LogP contribution in [-0.2, 0) is 4.79 Å². The lowest BCUT2D eigenvalue weighted by Crippen LogP contribution is -2.53. The number of unbranched alkanes of at least 4 members (excludes halogenated alkanes) is 24. The zero-order valence-corrected chi connectivity index (χ0v) is 28.0. The molecule has 0 aliphatic carbocycles. The number of amides is 1. The van der Waals surface area contributed by atoms with Crippen LogP contribution in [0.3, 0.4) is 0 Å². The highest BCUT2D eigenvalue weighted by molar-refractivity contribution is 5.80. The second kappa shape index (κ2) is 31.7. The molecule has 0 aromatic rings. The van der Waals surface area contributed by atoms with Gasteiger partial charge in [-0.1, -0.05) is 181 Å². The van der Waals surface area contributed by atoms with Gasteiger partial charge >= 0.3 is 0 Å². The maximum absolute atomic E-state index is 12.4. The molecule has 0 saturated carbocycles. The van der Waals surface area contributed by atoms with E-state index in [0.717, 1.165) is 38.5 Å². The van der Waals surface area contributed by atoms with Gasteiger partial charge in [0.1, 0.15) is 12.2 Å². The van der Waals surface area contributed by atoms with Crippen LogP contribution in [0.25, 0.3) is 0 Å². The van der Waals surface area contributed by atoms with Gasteiger partial charge in [0.25, 0.3) is 0 Å². The first kappa shape index (κ1) is 41.3. The van der Waals surface area contributed by atoms with Crippen LogP contribution in [0.5, 0.6) is 0 Å².